The van der Waals surface area contributed by atoms with Gasteiger partial charge in [-0.3, -0.25) is 0 Å². The number of hydrogen-bond acceptors (Lipinski definition) is 6. The molecule has 2 heterocycles. The zero-order valence-electron chi connectivity index (χ0n) is 14.0. The number of anilines is 1. The molecule has 0 radical (unpaired) electrons. The third-order valence-corrected chi connectivity index (χ3v) is 6.07. The van der Waals surface area contributed by atoms with Gasteiger partial charge in [0.25, 0.3) is 0 Å². The second-order valence-electron chi connectivity index (χ2n) is 5.79. The topological polar surface area (TPSA) is 95.5 Å². The zero-order chi connectivity index (χ0) is 18.0. The average Bonchev–Trinajstić information content (AvgIpc) is 3.01. The van der Waals surface area contributed by atoms with E-state index in [9.17, 15) is 13.2 Å². The van der Waals surface area contributed by atoms with Gasteiger partial charge in [0.15, 0.2) is 0 Å². The van der Waals surface area contributed by atoms with Crippen LogP contribution >= 0.6 is 11.3 Å². The van der Waals surface area contributed by atoms with Crippen LogP contribution in [0.4, 0.5) is 10.5 Å². The van der Waals surface area contributed by atoms with E-state index in [0.29, 0.717) is 31.9 Å². The molecule has 134 valence electrons. The van der Waals surface area contributed by atoms with Gasteiger partial charge in [0, 0.05) is 37.4 Å². The number of hydrogen-bond donors (Lipinski definition) is 1. The van der Waals surface area contributed by atoms with Crippen molar-refractivity contribution in [2.75, 3.05) is 37.8 Å². The van der Waals surface area contributed by atoms with Crippen LogP contribution in [-0.2, 0) is 10.0 Å². The van der Waals surface area contributed by atoms with Gasteiger partial charge in [0.1, 0.15) is 10.0 Å². The number of carbonyl (C=O) groups is 1. The molecule has 8 nitrogen and oxygen atoms in total. The first-order valence-electron chi connectivity index (χ1n) is 7.74. The minimum absolute atomic E-state index is 0.237. The molecule has 1 aromatic carbocycles. The van der Waals surface area contributed by atoms with Crippen molar-refractivity contribution >= 4 is 33.1 Å². The van der Waals surface area contributed by atoms with E-state index in [0.717, 1.165) is 15.6 Å². The van der Waals surface area contributed by atoms with Crippen molar-refractivity contribution in [3.63, 3.8) is 0 Å². The zero-order valence-corrected chi connectivity index (χ0v) is 15.6. The minimum Gasteiger partial charge on any atom is -0.322 e. The quantitative estimate of drug-likeness (QED) is 0.872. The molecule has 0 aliphatic carbocycles. The van der Waals surface area contributed by atoms with E-state index in [-0.39, 0.29) is 6.03 Å². The molecule has 1 aliphatic heterocycles. The SMILES string of the molecule is Cc1nnc(-c2cccc(NC(=O)N3CCN(S(C)(=O)=O)CC3)c2)s1. The molecule has 3 rings (SSSR count). The maximum atomic E-state index is 12.4. The van der Waals surface area contributed by atoms with Crippen molar-refractivity contribution in [2.24, 2.45) is 0 Å². The maximum Gasteiger partial charge on any atom is 0.321 e. The van der Waals surface area contributed by atoms with Gasteiger partial charge in [0.2, 0.25) is 10.0 Å². The summed E-state index contributed by atoms with van der Waals surface area (Å²) in [7, 11) is -3.20. The molecule has 0 bridgehead atoms. The molecule has 0 saturated carbocycles. The number of benzene rings is 1. The number of piperazine rings is 1. The van der Waals surface area contributed by atoms with Crippen LogP contribution in [0.1, 0.15) is 5.01 Å². The molecule has 10 heteroatoms. The van der Waals surface area contributed by atoms with Crippen molar-refractivity contribution in [3.8, 4) is 10.6 Å². The molecule has 0 unspecified atom stereocenters. The molecule has 1 fully saturated rings. The van der Waals surface area contributed by atoms with Crippen LogP contribution in [0.25, 0.3) is 10.6 Å². The summed E-state index contributed by atoms with van der Waals surface area (Å²) < 4.78 is 24.4. The number of aryl methyl sites for hydroxylation is 1. The summed E-state index contributed by atoms with van der Waals surface area (Å²) in [4.78, 5) is 14.0. The summed E-state index contributed by atoms with van der Waals surface area (Å²) >= 11 is 1.49. The molecular weight excluding hydrogens is 362 g/mol. The number of sulfonamides is 1. The van der Waals surface area contributed by atoms with E-state index in [1.54, 1.807) is 4.90 Å². The molecular formula is C15H19N5O3S2. The van der Waals surface area contributed by atoms with Gasteiger partial charge in [-0.05, 0) is 19.1 Å². The van der Waals surface area contributed by atoms with E-state index < -0.39 is 10.0 Å². The van der Waals surface area contributed by atoms with Crippen LogP contribution in [0.2, 0.25) is 0 Å². The van der Waals surface area contributed by atoms with Gasteiger partial charge >= 0.3 is 6.03 Å². The largest absolute Gasteiger partial charge is 0.322 e. The fraction of sp³-hybridized carbons (Fsp3) is 0.400. The van der Waals surface area contributed by atoms with Gasteiger partial charge in [-0.25, -0.2) is 13.2 Å². The van der Waals surface area contributed by atoms with Crippen molar-refractivity contribution in [3.05, 3.63) is 29.3 Å². The third-order valence-electron chi connectivity index (χ3n) is 3.88. The Bertz CT molecular complexity index is 873. The molecule has 1 saturated heterocycles. The Balaban J connectivity index is 1.64. The monoisotopic (exact) mass is 381 g/mol. The predicted octanol–water partition coefficient (Wildman–Crippen LogP) is 1.62. The number of nitrogens with zero attached hydrogens (tertiary/aromatic N) is 4. The molecule has 0 spiro atoms. The number of urea groups is 1. The number of aromatic nitrogens is 2. The second-order valence-corrected chi connectivity index (χ2v) is 8.95. The highest BCUT2D eigenvalue weighted by molar-refractivity contribution is 7.88. The summed E-state index contributed by atoms with van der Waals surface area (Å²) in [5.74, 6) is 0. The number of nitrogens with one attached hydrogen (secondary N) is 1. The molecule has 0 atom stereocenters. The van der Waals surface area contributed by atoms with Crippen molar-refractivity contribution in [2.45, 2.75) is 6.92 Å². The van der Waals surface area contributed by atoms with Gasteiger partial charge in [-0.15, -0.1) is 10.2 Å². The van der Waals surface area contributed by atoms with Gasteiger partial charge < -0.3 is 10.2 Å². The third kappa shape index (κ3) is 4.33. The summed E-state index contributed by atoms with van der Waals surface area (Å²) in [6.07, 6.45) is 1.18. The summed E-state index contributed by atoms with van der Waals surface area (Å²) in [6.45, 7) is 3.26. The molecule has 2 amide bonds. The maximum absolute atomic E-state index is 12.4. The first-order valence-corrected chi connectivity index (χ1v) is 10.4. The van der Waals surface area contributed by atoms with E-state index in [1.807, 2.05) is 31.2 Å². The highest BCUT2D eigenvalue weighted by Gasteiger charge is 2.26. The fourth-order valence-electron chi connectivity index (χ4n) is 2.57. The summed E-state index contributed by atoms with van der Waals surface area (Å²) in [5.41, 5.74) is 1.56. The summed E-state index contributed by atoms with van der Waals surface area (Å²) in [6, 6.07) is 7.19. The Morgan fingerprint density at radius 2 is 1.92 bits per heavy atom. The van der Waals surface area contributed by atoms with Gasteiger partial charge in [0.05, 0.1) is 6.26 Å². The average molecular weight is 381 g/mol. The fourth-order valence-corrected chi connectivity index (χ4v) is 4.08. The normalized spacial score (nSPS) is 16.0. The lowest BCUT2D eigenvalue weighted by atomic mass is 10.2. The standard InChI is InChI=1S/C15H19N5O3S2/c1-11-17-18-14(24-11)12-4-3-5-13(10-12)16-15(21)19-6-8-20(9-7-19)25(2,22)23/h3-5,10H,6-9H2,1-2H3,(H,16,21). The second kappa shape index (κ2) is 7.06. The van der Waals surface area contributed by atoms with Crippen LogP contribution in [0.15, 0.2) is 24.3 Å². The lowest BCUT2D eigenvalue weighted by Crippen LogP contribution is -2.51. The molecule has 25 heavy (non-hydrogen) atoms. The summed E-state index contributed by atoms with van der Waals surface area (Å²) in [5, 5.41) is 12.7. The Labute approximate surface area is 150 Å². The Hall–Kier alpha value is -2.04. The highest BCUT2D eigenvalue weighted by atomic mass is 32.2. The minimum atomic E-state index is -3.20. The number of amides is 2. The van der Waals surface area contributed by atoms with E-state index >= 15 is 0 Å². The van der Waals surface area contributed by atoms with E-state index in [2.05, 4.69) is 15.5 Å². The first-order chi connectivity index (χ1) is 11.8. The molecule has 2 aromatic rings. The Morgan fingerprint density at radius 1 is 1.20 bits per heavy atom. The van der Waals surface area contributed by atoms with E-state index in [1.165, 1.54) is 21.9 Å². The Morgan fingerprint density at radius 3 is 2.52 bits per heavy atom. The van der Waals surface area contributed by atoms with Crippen LogP contribution in [-0.4, -0.2) is 66.3 Å². The van der Waals surface area contributed by atoms with Crippen LogP contribution in [0.5, 0.6) is 0 Å². The molecule has 1 N–H and O–H groups in total. The van der Waals surface area contributed by atoms with E-state index in [4.69, 9.17) is 0 Å². The van der Waals surface area contributed by atoms with Crippen LogP contribution < -0.4 is 5.32 Å². The van der Waals surface area contributed by atoms with Gasteiger partial charge in [-0.1, -0.05) is 23.5 Å². The van der Waals surface area contributed by atoms with Crippen LogP contribution in [0.3, 0.4) is 0 Å². The lowest BCUT2D eigenvalue weighted by Gasteiger charge is -2.33. The highest BCUT2D eigenvalue weighted by Crippen LogP contribution is 2.25. The Kier molecular flexibility index (Phi) is 5.02. The number of rotatable bonds is 3. The van der Waals surface area contributed by atoms with Crippen molar-refractivity contribution < 1.29 is 13.2 Å². The van der Waals surface area contributed by atoms with Crippen LogP contribution in [0, 0.1) is 6.92 Å². The van der Waals surface area contributed by atoms with Gasteiger partial charge in [-0.2, -0.15) is 4.31 Å². The molecule has 1 aliphatic rings. The lowest BCUT2D eigenvalue weighted by molar-refractivity contribution is 0.184. The smallest absolute Gasteiger partial charge is 0.321 e. The first kappa shape index (κ1) is 17.8. The van der Waals surface area contributed by atoms with Crippen molar-refractivity contribution in [1.29, 1.82) is 0 Å². The predicted molar refractivity (Wildman–Crippen MR) is 97.1 cm³/mol. The molecule has 1 aromatic heterocycles. The van der Waals surface area contributed by atoms with Crippen molar-refractivity contribution in [1.82, 2.24) is 19.4 Å². The number of carbonyl (C=O) groups excluding carboxylic acids is 1.